The fourth-order valence-corrected chi connectivity index (χ4v) is 1.62. The number of carbonyl (C=O) groups excluding carboxylic acids is 1. The number of aliphatic hydroxyl groups is 1. The van der Waals surface area contributed by atoms with Crippen molar-refractivity contribution >= 4 is 28.6 Å². The molecule has 1 heterocycles. The molecule has 82 valence electrons. The Balaban J connectivity index is 2.72. The van der Waals surface area contributed by atoms with Gasteiger partial charge in [0.25, 0.3) is 0 Å². The van der Waals surface area contributed by atoms with E-state index in [-0.39, 0.29) is 24.9 Å². The van der Waals surface area contributed by atoms with E-state index >= 15 is 0 Å². The van der Waals surface area contributed by atoms with E-state index in [0.29, 0.717) is 10.0 Å². The Morgan fingerprint density at radius 1 is 1.73 bits per heavy atom. The number of nitrogens with one attached hydrogen (secondary N) is 1. The number of thiazole rings is 1. The van der Waals surface area contributed by atoms with Crippen LogP contribution in [0, 0.1) is 0 Å². The van der Waals surface area contributed by atoms with Gasteiger partial charge in [-0.1, -0.05) is 11.3 Å². The number of amides is 1. The summed E-state index contributed by atoms with van der Waals surface area (Å²) in [6.07, 6.45) is 1.41. The van der Waals surface area contributed by atoms with Gasteiger partial charge >= 0.3 is 0 Å². The number of hydrogen-bond acceptors (Lipinski definition) is 6. The number of carbonyl (C=O) groups is 1. The molecular formula is C8H11N3O3S. The van der Waals surface area contributed by atoms with Gasteiger partial charge in [0.15, 0.2) is 5.13 Å². The lowest BCUT2D eigenvalue weighted by molar-refractivity contribution is -0.114. The number of nitrogens with zero attached hydrogens (tertiary/aromatic N) is 2. The summed E-state index contributed by atoms with van der Waals surface area (Å²) in [5, 5.41) is 20.6. The molecule has 1 aromatic rings. The second-order valence-corrected chi connectivity index (χ2v) is 3.68. The Morgan fingerprint density at radius 3 is 3.07 bits per heavy atom. The van der Waals surface area contributed by atoms with Crippen molar-refractivity contribution in [2.75, 3.05) is 18.5 Å². The number of hydrogen-bond donors (Lipinski definition) is 3. The predicted molar refractivity (Wildman–Crippen MR) is 57.6 cm³/mol. The van der Waals surface area contributed by atoms with Crippen LogP contribution in [0.4, 0.5) is 5.13 Å². The summed E-state index contributed by atoms with van der Waals surface area (Å²) < 4.78 is 0. The molecule has 0 unspecified atom stereocenters. The van der Waals surface area contributed by atoms with Gasteiger partial charge in [0.05, 0.1) is 13.2 Å². The SMILES string of the molecule is CC(=O)Nc1nc(O)c(C=NCCO)s1. The third-order valence-electron chi connectivity index (χ3n) is 1.36. The molecule has 0 atom stereocenters. The van der Waals surface area contributed by atoms with E-state index in [1.165, 1.54) is 13.1 Å². The standard InChI is InChI=1S/C8H11N3O3S/c1-5(13)10-8-11-7(14)6(15-8)4-9-2-3-12/h4,12,14H,2-3H2,1H3,(H,10,11,13). The van der Waals surface area contributed by atoms with Crippen molar-refractivity contribution in [1.29, 1.82) is 0 Å². The molecule has 0 aliphatic rings. The molecule has 0 spiro atoms. The minimum absolute atomic E-state index is 0.0470. The van der Waals surface area contributed by atoms with Gasteiger partial charge in [0, 0.05) is 13.1 Å². The van der Waals surface area contributed by atoms with E-state index in [0.717, 1.165) is 11.3 Å². The molecule has 1 rings (SSSR count). The summed E-state index contributed by atoms with van der Waals surface area (Å²) in [5.74, 6) is -0.423. The van der Waals surface area contributed by atoms with E-state index in [2.05, 4.69) is 15.3 Å². The Kier molecular flexibility index (Phi) is 4.19. The highest BCUT2D eigenvalue weighted by atomic mass is 32.1. The molecule has 0 saturated carbocycles. The number of aliphatic imine (C=N–C) groups is 1. The van der Waals surface area contributed by atoms with Gasteiger partial charge < -0.3 is 15.5 Å². The van der Waals surface area contributed by atoms with E-state index in [9.17, 15) is 9.90 Å². The molecule has 3 N–H and O–H groups in total. The molecule has 0 aliphatic carbocycles. The van der Waals surface area contributed by atoms with Crippen molar-refractivity contribution in [2.24, 2.45) is 4.99 Å². The lowest BCUT2D eigenvalue weighted by Gasteiger charge is -1.91. The molecule has 0 saturated heterocycles. The largest absolute Gasteiger partial charge is 0.492 e. The minimum Gasteiger partial charge on any atom is -0.492 e. The number of rotatable bonds is 4. The van der Waals surface area contributed by atoms with Crippen LogP contribution in [0.3, 0.4) is 0 Å². The molecule has 1 aromatic heterocycles. The predicted octanol–water partition coefficient (Wildman–Crippen LogP) is 0.218. The summed E-state index contributed by atoms with van der Waals surface area (Å²) >= 11 is 1.11. The van der Waals surface area contributed by atoms with Crippen molar-refractivity contribution in [2.45, 2.75) is 6.92 Å². The maximum atomic E-state index is 10.7. The summed E-state index contributed by atoms with van der Waals surface area (Å²) in [7, 11) is 0. The number of aliphatic hydroxyl groups excluding tert-OH is 1. The molecule has 15 heavy (non-hydrogen) atoms. The maximum absolute atomic E-state index is 10.7. The summed E-state index contributed by atoms with van der Waals surface area (Å²) in [4.78, 5) is 18.7. The average molecular weight is 229 g/mol. The molecule has 0 aliphatic heterocycles. The fourth-order valence-electron chi connectivity index (χ4n) is 0.817. The first-order chi connectivity index (χ1) is 7.13. The first kappa shape index (κ1) is 11.6. The smallest absolute Gasteiger partial charge is 0.233 e. The third kappa shape index (κ3) is 3.64. The molecule has 6 nitrogen and oxygen atoms in total. The number of aromatic nitrogens is 1. The summed E-state index contributed by atoms with van der Waals surface area (Å²) in [6.45, 7) is 1.58. The quantitative estimate of drug-likeness (QED) is 0.643. The Hall–Kier alpha value is -1.47. The topological polar surface area (TPSA) is 94.8 Å². The number of anilines is 1. The molecular weight excluding hydrogens is 218 g/mol. The average Bonchev–Trinajstić information content (AvgIpc) is 2.46. The van der Waals surface area contributed by atoms with Crippen molar-refractivity contribution < 1.29 is 15.0 Å². The van der Waals surface area contributed by atoms with Crippen molar-refractivity contribution in [3.05, 3.63) is 4.88 Å². The second kappa shape index (κ2) is 5.42. The first-order valence-corrected chi connectivity index (χ1v) is 5.03. The molecule has 7 heteroatoms. The monoisotopic (exact) mass is 229 g/mol. The Labute approximate surface area is 90.3 Å². The zero-order valence-electron chi connectivity index (χ0n) is 8.10. The lowest BCUT2D eigenvalue weighted by Crippen LogP contribution is -2.04. The van der Waals surface area contributed by atoms with Gasteiger partial charge in [0.2, 0.25) is 11.8 Å². The maximum Gasteiger partial charge on any atom is 0.233 e. The van der Waals surface area contributed by atoms with Crippen molar-refractivity contribution in [1.82, 2.24) is 4.98 Å². The van der Waals surface area contributed by atoms with Crippen LogP contribution in [-0.4, -0.2) is 40.5 Å². The first-order valence-electron chi connectivity index (χ1n) is 4.21. The zero-order chi connectivity index (χ0) is 11.3. The van der Waals surface area contributed by atoms with E-state index in [1.807, 2.05) is 0 Å². The van der Waals surface area contributed by atoms with Crippen LogP contribution in [-0.2, 0) is 4.79 Å². The van der Waals surface area contributed by atoms with Crippen molar-refractivity contribution in [3.8, 4) is 5.88 Å². The third-order valence-corrected chi connectivity index (χ3v) is 2.25. The highest BCUT2D eigenvalue weighted by molar-refractivity contribution is 7.17. The fraction of sp³-hybridized carbons (Fsp3) is 0.375. The van der Waals surface area contributed by atoms with Crippen LogP contribution < -0.4 is 5.32 Å². The van der Waals surface area contributed by atoms with Gasteiger partial charge in [-0.25, -0.2) is 0 Å². The summed E-state index contributed by atoms with van der Waals surface area (Å²) in [6, 6.07) is 0. The molecule has 0 fully saturated rings. The molecule has 0 bridgehead atoms. The number of aromatic hydroxyl groups is 1. The Morgan fingerprint density at radius 2 is 2.47 bits per heavy atom. The van der Waals surface area contributed by atoms with Crippen LogP contribution in [0.25, 0.3) is 0 Å². The Bertz CT molecular complexity index is 375. The van der Waals surface area contributed by atoms with Crippen LogP contribution in [0.1, 0.15) is 11.8 Å². The van der Waals surface area contributed by atoms with Crippen LogP contribution in [0.5, 0.6) is 5.88 Å². The minimum atomic E-state index is -0.248. The van der Waals surface area contributed by atoms with E-state index in [4.69, 9.17) is 5.11 Å². The molecule has 0 aromatic carbocycles. The molecule has 0 radical (unpaired) electrons. The van der Waals surface area contributed by atoms with Crippen LogP contribution >= 0.6 is 11.3 Å². The van der Waals surface area contributed by atoms with Gasteiger partial charge in [0.1, 0.15) is 4.88 Å². The van der Waals surface area contributed by atoms with E-state index < -0.39 is 0 Å². The zero-order valence-corrected chi connectivity index (χ0v) is 8.91. The van der Waals surface area contributed by atoms with Gasteiger partial charge in [-0.2, -0.15) is 4.98 Å². The van der Waals surface area contributed by atoms with Gasteiger partial charge in [-0.15, -0.1) is 0 Å². The highest BCUT2D eigenvalue weighted by Crippen LogP contribution is 2.26. The molecule has 1 amide bonds. The van der Waals surface area contributed by atoms with Crippen LogP contribution in [0.2, 0.25) is 0 Å². The van der Waals surface area contributed by atoms with Crippen molar-refractivity contribution in [3.63, 3.8) is 0 Å². The van der Waals surface area contributed by atoms with E-state index in [1.54, 1.807) is 0 Å². The normalized spacial score (nSPS) is 10.8. The lowest BCUT2D eigenvalue weighted by atomic mass is 10.5. The highest BCUT2D eigenvalue weighted by Gasteiger charge is 2.08. The van der Waals surface area contributed by atoms with Gasteiger partial charge in [-0.05, 0) is 0 Å². The van der Waals surface area contributed by atoms with Gasteiger partial charge in [-0.3, -0.25) is 9.79 Å². The second-order valence-electron chi connectivity index (χ2n) is 2.65. The van der Waals surface area contributed by atoms with Crippen LogP contribution in [0.15, 0.2) is 4.99 Å². The summed E-state index contributed by atoms with van der Waals surface area (Å²) in [5.41, 5.74) is 0.